The Bertz CT molecular complexity index is 3520. The van der Waals surface area contributed by atoms with E-state index in [4.69, 9.17) is 29.4 Å². The molecule has 8 aromatic rings. The fourth-order valence-electron chi connectivity index (χ4n) is 10.3. The Labute approximate surface area is 488 Å². The average molecular weight is 1140 g/mol. The van der Waals surface area contributed by atoms with Crippen molar-refractivity contribution < 1.29 is 28.7 Å². The summed E-state index contributed by atoms with van der Waals surface area (Å²) in [5.74, 6) is 2.85. The van der Waals surface area contributed by atoms with Crippen LogP contribution >= 0.6 is 0 Å². The predicted molar refractivity (Wildman–Crippen MR) is 330 cm³/mol. The minimum Gasteiger partial charge on any atom is -0.378 e. The third-order valence-corrected chi connectivity index (χ3v) is 14.9. The standard InChI is InChI=1S/C32H38N8O3.C30H36N8O3/c1-2-39-17-13-27-28(39)30(40-19-21-43-22-20-40)37-29(36-27)23-5-9-25(10-6-23)34-32(42)35-26-11-7-24(8-12-26)31(41)33-14-18-38-15-3-4-16-38;1-4-37-15-13-25-26(37)28(38-17-19-41-20-18-38)35-27(34-25)21-5-9-23(10-6-21)32-30(40)33-24-11-7-22(8-12-24)29(39)31-14-16-36(2)3/h5-13,17H,2-4,14-16,18-22H2,1H3,(H,33,41)(H2,34,35,42);5-13,15H,4,14,16-20H2,1-3H3,(H,31,39)(H2,32,33,40). The zero-order chi connectivity index (χ0) is 58.4. The highest BCUT2D eigenvalue weighted by atomic mass is 16.5. The van der Waals surface area contributed by atoms with Crippen LogP contribution in [0.2, 0.25) is 0 Å². The van der Waals surface area contributed by atoms with Gasteiger partial charge in [0.15, 0.2) is 23.3 Å². The molecule has 6 amide bonds. The zero-order valence-electron chi connectivity index (χ0n) is 48.2. The van der Waals surface area contributed by atoms with Crippen molar-refractivity contribution in [2.45, 2.75) is 39.8 Å². The van der Waals surface area contributed by atoms with Gasteiger partial charge in [-0.05, 0) is 163 Å². The molecule has 84 heavy (non-hydrogen) atoms. The van der Waals surface area contributed by atoms with Gasteiger partial charge >= 0.3 is 12.1 Å². The molecule has 6 N–H and O–H groups in total. The summed E-state index contributed by atoms with van der Waals surface area (Å²) in [4.78, 5) is 78.5. The Morgan fingerprint density at radius 1 is 0.488 bits per heavy atom. The van der Waals surface area contributed by atoms with Gasteiger partial charge in [0, 0.05) is 123 Å². The number of likely N-dealkylation sites (N-methyl/N-ethyl adjacent to an activating group) is 1. The van der Waals surface area contributed by atoms with Crippen molar-refractivity contribution in [1.29, 1.82) is 0 Å². The summed E-state index contributed by atoms with van der Waals surface area (Å²) in [6.07, 6.45) is 6.57. The second-order valence-corrected chi connectivity index (χ2v) is 20.9. The minimum absolute atomic E-state index is 0.113. The molecular formula is C62H74N16O6. The Hall–Kier alpha value is -8.96. The number of benzene rings is 4. The molecule has 7 heterocycles. The van der Waals surface area contributed by atoms with Gasteiger partial charge in [-0.2, -0.15) is 0 Å². The van der Waals surface area contributed by atoms with E-state index in [-0.39, 0.29) is 23.9 Å². The molecule has 0 unspecified atom stereocenters. The topological polar surface area (TPSA) is 233 Å². The number of fused-ring (bicyclic) bond motifs is 2. The number of aryl methyl sites for hydroxylation is 2. The summed E-state index contributed by atoms with van der Waals surface area (Å²) < 4.78 is 15.5. The van der Waals surface area contributed by atoms with Crippen molar-refractivity contribution in [2.75, 3.05) is 137 Å². The second kappa shape index (κ2) is 27.9. The Morgan fingerprint density at radius 2 is 0.869 bits per heavy atom. The highest BCUT2D eigenvalue weighted by molar-refractivity contribution is 6.02. The smallest absolute Gasteiger partial charge is 0.323 e. The number of aromatic nitrogens is 6. The number of nitrogens with one attached hydrogen (secondary N) is 6. The van der Waals surface area contributed by atoms with Crippen molar-refractivity contribution in [2.24, 2.45) is 0 Å². The first-order valence-electron chi connectivity index (χ1n) is 28.9. The number of hydrogen-bond donors (Lipinski definition) is 6. The molecule has 0 saturated carbocycles. The lowest BCUT2D eigenvalue weighted by Crippen LogP contribution is -2.37. The predicted octanol–water partition coefficient (Wildman–Crippen LogP) is 8.31. The molecule has 22 nitrogen and oxygen atoms in total. The molecule has 22 heteroatoms. The number of amides is 6. The van der Waals surface area contributed by atoms with Crippen LogP contribution in [0, 0.1) is 0 Å². The van der Waals surface area contributed by atoms with E-state index in [0.717, 1.165) is 110 Å². The molecule has 3 aliphatic heterocycles. The molecule has 0 atom stereocenters. The van der Waals surface area contributed by atoms with E-state index in [2.05, 4.69) is 75.8 Å². The number of morpholine rings is 2. The van der Waals surface area contributed by atoms with E-state index in [0.29, 0.717) is 85.0 Å². The Balaban J connectivity index is 0.000000187. The third kappa shape index (κ3) is 14.8. The molecule has 3 saturated heterocycles. The highest BCUT2D eigenvalue weighted by Gasteiger charge is 2.23. The lowest BCUT2D eigenvalue weighted by Gasteiger charge is -2.29. The number of rotatable bonds is 18. The van der Waals surface area contributed by atoms with Crippen LogP contribution in [0.15, 0.2) is 122 Å². The van der Waals surface area contributed by atoms with Gasteiger partial charge in [0.2, 0.25) is 0 Å². The Kier molecular flexibility index (Phi) is 19.3. The fourth-order valence-corrected chi connectivity index (χ4v) is 10.3. The fraction of sp³-hybridized carbons (Fsp3) is 0.355. The van der Waals surface area contributed by atoms with Crippen molar-refractivity contribution in [3.05, 3.63) is 133 Å². The van der Waals surface area contributed by atoms with Crippen LogP contribution in [-0.4, -0.2) is 169 Å². The summed E-state index contributed by atoms with van der Waals surface area (Å²) in [6, 6.07) is 31.9. The maximum atomic E-state index is 12.7. The molecule has 3 fully saturated rings. The van der Waals surface area contributed by atoms with Crippen molar-refractivity contribution in [3.8, 4) is 22.8 Å². The number of anilines is 6. The molecule has 0 bridgehead atoms. The lowest BCUT2D eigenvalue weighted by molar-refractivity contribution is 0.0942. The molecule has 4 aromatic carbocycles. The van der Waals surface area contributed by atoms with Crippen LogP contribution in [0.1, 0.15) is 47.4 Å². The van der Waals surface area contributed by atoms with E-state index in [1.165, 1.54) is 12.8 Å². The van der Waals surface area contributed by atoms with E-state index >= 15 is 0 Å². The molecule has 3 aliphatic rings. The van der Waals surface area contributed by atoms with Crippen molar-refractivity contribution in [1.82, 2.24) is 49.5 Å². The van der Waals surface area contributed by atoms with Crippen LogP contribution in [0.4, 0.5) is 44.0 Å². The number of nitrogens with zero attached hydrogens (tertiary/aromatic N) is 10. The van der Waals surface area contributed by atoms with E-state index in [1.54, 1.807) is 48.5 Å². The largest absolute Gasteiger partial charge is 0.378 e. The summed E-state index contributed by atoms with van der Waals surface area (Å²) in [6.45, 7) is 16.8. The molecule has 0 spiro atoms. The first-order chi connectivity index (χ1) is 41.0. The first-order valence-corrected chi connectivity index (χ1v) is 28.9. The number of likely N-dealkylation sites (tertiary alicyclic amines) is 1. The average Bonchev–Trinajstić information content (AvgIpc) is 4.36. The Morgan fingerprint density at radius 3 is 1.25 bits per heavy atom. The van der Waals surface area contributed by atoms with Crippen LogP contribution in [-0.2, 0) is 22.6 Å². The van der Waals surface area contributed by atoms with Gasteiger partial charge in [-0.15, -0.1) is 0 Å². The van der Waals surface area contributed by atoms with Gasteiger partial charge in [-0.25, -0.2) is 29.5 Å². The monoisotopic (exact) mass is 1140 g/mol. The minimum atomic E-state index is -0.380. The maximum Gasteiger partial charge on any atom is 0.323 e. The highest BCUT2D eigenvalue weighted by Crippen LogP contribution is 2.32. The van der Waals surface area contributed by atoms with Gasteiger partial charge < -0.3 is 70.1 Å². The summed E-state index contributed by atoms with van der Waals surface area (Å²) in [5.41, 5.74) is 9.14. The van der Waals surface area contributed by atoms with E-state index < -0.39 is 0 Å². The van der Waals surface area contributed by atoms with E-state index in [9.17, 15) is 19.2 Å². The van der Waals surface area contributed by atoms with Gasteiger partial charge in [0.1, 0.15) is 11.0 Å². The molecule has 0 aliphatic carbocycles. The van der Waals surface area contributed by atoms with Gasteiger partial charge in [0.05, 0.1) is 37.5 Å². The number of hydrogen-bond acceptors (Lipinski definition) is 14. The number of carbonyl (C=O) groups is 4. The summed E-state index contributed by atoms with van der Waals surface area (Å²) in [7, 11) is 3.91. The van der Waals surface area contributed by atoms with Crippen LogP contribution < -0.4 is 41.7 Å². The normalized spacial score (nSPS) is 14.5. The van der Waals surface area contributed by atoms with Crippen LogP contribution in [0.25, 0.3) is 44.8 Å². The van der Waals surface area contributed by atoms with Crippen molar-refractivity contribution in [3.63, 3.8) is 0 Å². The molecular weight excluding hydrogens is 1060 g/mol. The van der Waals surface area contributed by atoms with E-state index in [1.807, 2.05) is 85.9 Å². The van der Waals surface area contributed by atoms with Crippen LogP contribution in [0.3, 0.4) is 0 Å². The van der Waals surface area contributed by atoms with Crippen LogP contribution in [0.5, 0.6) is 0 Å². The molecule has 438 valence electrons. The van der Waals surface area contributed by atoms with Crippen molar-refractivity contribution >= 4 is 80.3 Å². The summed E-state index contributed by atoms with van der Waals surface area (Å²) in [5, 5.41) is 17.2. The molecule has 0 radical (unpaired) electrons. The zero-order valence-corrected chi connectivity index (χ0v) is 48.2. The molecule has 11 rings (SSSR count). The number of urea groups is 2. The van der Waals surface area contributed by atoms with Gasteiger partial charge in [-0.3, -0.25) is 9.59 Å². The maximum absolute atomic E-state index is 12.7. The number of ether oxygens (including phenoxy) is 2. The lowest BCUT2D eigenvalue weighted by atomic mass is 10.2. The van der Waals surface area contributed by atoms with Gasteiger partial charge in [-0.1, -0.05) is 0 Å². The summed E-state index contributed by atoms with van der Waals surface area (Å²) >= 11 is 0. The third-order valence-electron chi connectivity index (χ3n) is 14.9. The number of carbonyl (C=O) groups excluding carboxylic acids is 4. The quantitative estimate of drug-likeness (QED) is 0.0475. The SMILES string of the molecule is CCn1ccc2nc(-c3ccc(NC(=O)Nc4ccc(C(=O)NCCN(C)C)cc4)cc3)nc(N3CCOCC3)c21.CCn1ccc2nc(-c3ccc(NC(=O)Nc4ccc(C(=O)NCCN5CCCC5)cc4)cc3)nc(N3CCOCC3)c21. The second-order valence-electron chi connectivity index (χ2n) is 20.9. The molecule has 4 aromatic heterocycles. The van der Waals surface area contributed by atoms with Gasteiger partial charge in [0.25, 0.3) is 11.8 Å². The first kappa shape index (κ1) is 58.2.